The number of piperidine rings is 1. The van der Waals surface area contributed by atoms with Crippen molar-refractivity contribution in [2.24, 2.45) is 0 Å². The second-order valence-corrected chi connectivity index (χ2v) is 6.99. The maximum absolute atomic E-state index is 13.1. The highest BCUT2D eigenvalue weighted by Gasteiger charge is 2.43. The summed E-state index contributed by atoms with van der Waals surface area (Å²) in [6.45, 7) is 0. The molecule has 2 saturated heterocycles. The lowest BCUT2D eigenvalue weighted by Crippen LogP contribution is -2.46. The minimum absolute atomic E-state index is 0.0584. The van der Waals surface area contributed by atoms with E-state index >= 15 is 0 Å². The first-order valence-corrected chi connectivity index (χ1v) is 7.77. The standard InChI is InChI=1S/C14H14BrClFNO/c15-8-5-10-2-3-11(6-8)18(10)14(19)12-4-1-9(17)7-13(12)16/h1,4,7-8,10-11H,2-3,5-6H2. The molecule has 2 atom stereocenters. The molecule has 19 heavy (non-hydrogen) atoms. The highest BCUT2D eigenvalue weighted by atomic mass is 79.9. The van der Waals surface area contributed by atoms with E-state index in [1.807, 2.05) is 4.90 Å². The Hall–Kier alpha value is -0.610. The van der Waals surface area contributed by atoms with Gasteiger partial charge in [0.1, 0.15) is 5.82 Å². The number of nitrogens with zero attached hydrogens (tertiary/aromatic N) is 1. The fraction of sp³-hybridized carbons (Fsp3) is 0.500. The van der Waals surface area contributed by atoms with Crippen molar-refractivity contribution in [2.45, 2.75) is 42.6 Å². The number of carbonyl (C=O) groups is 1. The summed E-state index contributed by atoms with van der Waals surface area (Å²) in [5.74, 6) is -0.472. The Morgan fingerprint density at radius 3 is 2.53 bits per heavy atom. The molecule has 1 amide bonds. The van der Waals surface area contributed by atoms with Crippen LogP contribution in [-0.2, 0) is 0 Å². The lowest BCUT2D eigenvalue weighted by atomic mass is 10.0. The van der Waals surface area contributed by atoms with Gasteiger partial charge in [-0.05, 0) is 43.9 Å². The summed E-state index contributed by atoms with van der Waals surface area (Å²) >= 11 is 9.64. The number of benzene rings is 1. The van der Waals surface area contributed by atoms with Gasteiger partial charge in [-0.25, -0.2) is 4.39 Å². The summed E-state index contributed by atoms with van der Waals surface area (Å²) in [7, 11) is 0. The van der Waals surface area contributed by atoms with Gasteiger partial charge in [0.05, 0.1) is 10.6 Å². The van der Waals surface area contributed by atoms with E-state index in [-0.39, 0.29) is 23.0 Å². The van der Waals surface area contributed by atoms with Crippen LogP contribution in [0.5, 0.6) is 0 Å². The highest BCUT2D eigenvalue weighted by molar-refractivity contribution is 9.09. The Kier molecular flexibility index (Phi) is 3.56. The molecule has 2 aliphatic heterocycles. The maximum Gasteiger partial charge on any atom is 0.255 e. The molecular formula is C14H14BrClFNO. The third-order valence-electron chi connectivity index (χ3n) is 4.07. The predicted molar refractivity (Wildman–Crippen MR) is 76.3 cm³/mol. The van der Waals surface area contributed by atoms with Crippen molar-refractivity contribution in [1.82, 2.24) is 4.90 Å². The largest absolute Gasteiger partial charge is 0.333 e. The molecule has 2 heterocycles. The van der Waals surface area contributed by atoms with E-state index in [0.29, 0.717) is 10.4 Å². The van der Waals surface area contributed by atoms with E-state index in [1.54, 1.807) is 0 Å². The Balaban J connectivity index is 1.88. The summed E-state index contributed by atoms with van der Waals surface area (Å²) in [5.41, 5.74) is 0.410. The predicted octanol–water partition coefficient (Wildman–Crippen LogP) is 4.01. The monoisotopic (exact) mass is 345 g/mol. The van der Waals surface area contributed by atoms with Crippen molar-refractivity contribution in [1.29, 1.82) is 0 Å². The van der Waals surface area contributed by atoms with Crippen LogP contribution in [0.25, 0.3) is 0 Å². The smallest absolute Gasteiger partial charge is 0.255 e. The first kappa shape index (κ1) is 13.4. The van der Waals surface area contributed by atoms with Crippen molar-refractivity contribution >= 4 is 33.4 Å². The van der Waals surface area contributed by atoms with Crippen LogP contribution in [0.4, 0.5) is 4.39 Å². The van der Waals surface area contributed by atoms with E-state index in [2.05, 4.69) is 15.9 Å². The molecule has 2 aliphatic rings. The Morgan fingerprint density at radius 1 is 1.32 bits per heavy atom. The summed E-state index contributed by atoms with van der Waals surface area (Å²) in [6, 6.07) is 4.56. The zero-order valence-electron chi connectivity index (χ0n) is 10.3. The molecule has 0 spiro atoms. The quantitative estimate of drug-likeness (QED) is 0.704. The molecule has 0 saturated carbocycles. The van der Waals surface area contributed by atoms with E-state index in [4.69, 9.17) is 11.6 Å². The number of carbonyl (C=O) groups excluding carboxylic acids is 1. The van der Waals surface area contributed by atoms with Gasteiger partial charge < -0.3 is 4.90 Å². The summed E-state index contributed by atoms with van der Waals surface area (Å²) < 4.78 is 13.1. The molecule has 2 bridgehead atoms. The Bertz CT molecular complexity index is 510. The van der Waals surface area contributed by atoms with Crippen LogP contribution in [0.2, 0.25) is 5.02 Å². The molecule has 2 unspecified atom stereocenters. The minimum Gasteiger partial charge on any atom is -0.333 e. The summed E-state index contributed by atoms with van der Waals surface area (Å²) in [6.07, 6.45) is 4.08. The number of rotatable bonds is 1. The van der Waals surface area contributed by atoms with Crippen molar-refractivity contribution in [3.8, 4) is 0 Å². The van der Waals surface area contributed by atoms with E-state index in [9.17, 15) is 9.18 Å². The fourth-order valence-electron chi connectivity index (χ4n) is 3.24. The van der Waals surface area contributed by atoms with Gasteiger partial charge in [0, 0.05) is 16.9 Å². The van der Waals surface area contributed by atoms with Gasteiger partial charge in [0.15, 0.2) is 0 Å². The molecule has 0 radical (unpaired) electrons. The first-order valence-electron chi connectivity index (χ1n) is 6.48. The van der Waals surface area contributed by atoms with Crippen LogP contribution in [0.3, 0.4) is 0 Å². The van der Waals surface area contributed by atoms with Crippen molar-refractivity contribution in [2.75, 3.05) is 0 Å². The molecule has 5 heteroatoms. The molecule has 1 aromatic rings. The minimum atomic E-state index is -0.413. The first-order chi connectivity index (χ1) is 9.06. The Labute approximate surface area is 125 Å². The molecular weight excluding hydrogens is 333 g/mol. The maximum atomic E-state index is 13.1. The van der Waals surface area contributed by atoms with Gasteiger partial charge in [-0.2, -0.15) is 0 Å². The van der Waals surface area contributed by atoms with E-state index in [0.717, 1.165) is 25.7 Å². The Morgan fingerprint density at radius 2 is 1.95 bits per heavy atom. The molecule has 0 N–H and O–H groups in total. The fourth-order valence-corrected chi connectivity index (χ4v) is 4.36. The zero-order valence-corrected chi connectivity index (χ0v) is 12.6. The number of hydrogen-bond acceptors (Lipinski definition) is 1. The average molecular weight is 347 g/mol. The van der Waals surface area contributed by atoms with Crippen LogP contribution < -0.4 is 0 Å². The van der Waals surface area contributed by atoms with E-state index in [1.165, 1.54) is 18.2 Å². The second-order valence-electron chi connectivity index (χ2n) is 5.29. The van der Waals surface area contributed by atoms with Crippen LogP contribution in [0.1, 0.15) is 36.0 Å². The lowest BCUT2D eigenvalue weighted by Gasteiger charge is -2.37. The number of alkyl halides is 1. The van der Waals surface area contributed by atoms with Gasteiger partial charge >= 0.3 is 0 Å². The number of fused-ring (bicyclic) bond motifs is 2. The molecule has 102 valence electrons. The van der Waals surface area contributed by atoms with Crippen molar-refractivity contribution < 1.29 is 9.18 Å². The summed E-state index contributed by atoms with van der Waals surface area (Å²) in [4.78, 5) is 15.1. The van der Waals surface area contributed by atoms with Gasteiger partial charge in [-0.15, -0.1) is 0 Å². The zero-order chi connectivity index (χ0) is 13.6. The second kappa shape index (κ2) is 5.06. The third kappa shape index (κ3) is 2.40. The van der Waals surface area contributed by atoms with Crippen molar-refractivity contribution in [3.05, 3.63) is 34.6 Å². The van der Waals surface area contributed by atoms with Gasteiger partial charge in [-0.3, -0.25) is 4.79 Å². The van der Waals surface area contributed by atoms with Gasteiger partial charge in [0.25, 0.3) is 5.91 Å². The molecule has 0 aromatic heterocycles. The van der Waals surface area contributed by atoms with Crippen LogP contribution in [-0.4, -0.2) is 27.7 Å². The van der Waals surface area contributed by atoms with Crippen LogP contribution >= 0.6 is 27.5 Å². The number of hydrogen-bond donors (Lipinski definition) is 0. The van der Waals surface area contributed by atoms with Crippen molar-refractivity contribution in [3.63, 3.8) is 0 Å². The molecule has 0 aliphatic carbocycles. The van der Waals surface area contributed by atoms with Crippen LogP contribution in [0.15, 0.2) is 18.2 Å². The normalized spacial score (nSPS) is 29.6. The van der Waals surface area contributed by atoms with E-state index < -0.39 is 5.82 Å². The number of halogens is 3. The molecule has 3 rings (SSSR count). The topological polar surface area (TPSA) is 20.3 Å². The molecule has 2 nitrogen and oxygen atoms in total. The SMILES string of the molecule is O=C(c1ccc(F)cc1Cl)N1C2CCC1CC(Br)C2. The van der Waals surface area contributed by atoms with Gasteiger partial charge in [0.2, 0.25) is 0 Å². The summed E-state index contributed by atoms with van der Waals surface area (Å²) in [5, 5.41) is 0.199. The molecule has 2 fully saturated rings. The number of amides is 1. The average Bonchev–Trinajstić information content (AvgIpc) is 2.61. The lowest BCUT2D eigenvalue weighted by molar-refractivity contribution is 0.0603. The third-order valence-corrected chi connectivity index (χ3v) is 5.13. The molecule has 1 aromatic carbocycles. The van der Waals surface area contributed by atoms with Crippen LogP contribution in [0, 0.1) is 5.82 Å². The van der Waals surface area contributed by atoms with Gasteiger partial charge in [-0.1, -0.05) is 27.5 Å². The highest BCUT2D eigenvalue weighted by Crippen LogP contribution is 2.39.